The summed E-state index contributed by atoms with van der Waals surface area (Å²) in [5.74, 6) is -0.415. The lowest BCUT2D eigenvalue weighted by atomic mass is 9.97. The van der Waals surface area contributed by atoms with Gasteiger partial charge in [-0.25, -0.2) is 4.39 Å². The van der Waals surface area contributed by atoms with Crippen molar-refractivity contribution in [2.45, 2.75) is 32.9 Å². The molecule has 1 aromatic carbocycles. The van der Waals surface area contributed by atoms with Gasteiger partial charge >= 0.3 is 5.97 Å². The molecule has 116 valence electrons. The number of piperidine rings is 1. The van der Waals surface area contributed by atoms with Crippen LogP contribution in [0.3, 0.4) is 0 Å². The quantitative estimate of drug-likeness (QED) is 0.845. The van der Waals surface area contributed by atoms with Crippen molar-refractivity contribution < 1.29 is 13.9 Å². The number of likely N-dealkylation sites (tertiary alicyclic amines) is 1. The van der Waals surface area contributed by atoms with E-state index in [1.165, 1.54) is 6.07 Å². The Labute approximate surface area is 125 Å². The average molecular weight is 294 g/mol. The summed E-state index contributed by atoms with van der Waals surface area (Å²) in [6, 6.07) is 5.05. The number of hydrogen-bond donors (Lipinski definition) is 1. The van der Waals surface area contributed by atoms with Crippen LogP contribution in [-0.2, 0) is 22.6 Å². The lowest BCUT2D eigenvalue weighted by Gasteiger charge is -2.31. The summed E-state index contributed by atoms with van der Waals surface area (Å²) in [4.78, 5) is 14.0. The van der Waals surface area contributed by atoms with Crippen LogP contribution in [0.1, 0.15) is 30.9 Å². The number of carbonyl (C=O) groups excluding carboxylic acids is 1. The number of carbonyl (C=O) groups is 1. The summed E-state index contributed by atoms with van der Waals surface area (Å²) in [5.41, 5.74) is 7.10. The number of nitrogens with two attached hydrogens (primary N) is 1. The lowest BCUT2D eigenvalue weighted by Crippen LogP contribution is -2.38. The molecule has 21 heavy (non-hydrogen) atoms. The molecular formula is C16H23FN2O2. The molecule has 1 aromatic rings. The van der Waals surface area contributed by atoms with Gasteiger partial charge in [0.25, 0.3) is 0 Å². The largest absolute Gasteiger partial charge is 0.466 e. The van der Waals surface area contributed by atoms with Gasteiger partial charge in [0.15, 0.2) is 0 Å². The normalized spacial score (nSPS) is 19.5. The molecular weight excluding hydrogens is 271 g/mol. The Morgan fingerprint density at radius 1 is 1.52 bits per heavy atom. The first-order valence-electron chi connectivity index (χ1n) is 7.50. The van der Waals surface area contributed by atoms with Crippen LogP contribution >= 0.6 is 0 Å². The van der Waals surface area contributed by atoms with Crippen LogP contribution in [0.4, 0.5) is 4.39 Å². The van der Waals surface area contributed by atoms with Crippen LogP contribution in [0.5, 0.6) is 0 Å². The van der Waals surface area contributed by atoms with Crippen molar-refractivity contribution in [1.29, 1.82) is 0 Å². The van der Waals surface area contributed by atoms with Gasteiger partial charge in [0.1, 0.15) is 5.82 Å². The van der Waals surface area contributed by atoms with E-state index in [9.17, 15) is 9.18 Å². The fourth-order valence-corrected chi connectivity index (χ4v) is 2.79. The van der Waals surface area contributed by atoms with Crippen LogP contribution in [0.25, 0.3) is 0 Å². The summed E-state index contributed by atoms with van der Waals surface area (Å²) < 4.78 is 18.5. The van der Waals surface area contributed by atoms with E-state index in [0.717, 1.165) is 24.9 Å². The molecule has 2 rings (SSSR count). The number of hydrogen-bond acceptors (Lipinski definition) is 4. The summed E-state index contributed by atoms with van der Waals surface area (Å²) in [6.07, 6.45) is 1.86. The number of nitrogens with zero attached hydrogens (tertiary/aromatic N) is 1. The van der Waals surface area contributed by atoms with E-state index < -0.39 is 0 Å². The highest BCUT2D eigenvalue weighted by atomic mass is 19.1. The average Bonchev–Trinajstić information content (AvgIpc) is 2.50. The topological polar surface area (TPSA) is 55.6 Å². The standard InChI is InChI=1S/C16H23FN2O2/c1-2-21-16(20)13-4-3-7-19(11-13)10-12-5-6-15(17)14(8-12)9-18/h5-6,8,13H,2-4,7,9-11,18H2,1H3. The van der Waals surface area contributed by atoms with Gasteiger partial charge in [0, 0.05) is 25.2 Å². The second-order valence-electron chi connectivity index (χ2n) is 5.46. The summed E-state index contributed by atoms with van der Waals surface area (Å²) in [6.45, 7) is 4.81. The third-order valence-electron chi connectivity index (χ3n) is 3.86. The molecule has 0 aromatic heterocycles. The Balaban J connectivity index is 1.97. The van der Waals surface area contributed by atoms with Crippen molar-refractivity contribution in [3.63, 3.8) is 0 Å². The molecule has 0 radical (unpaired) electrons. The van der Waals surface area contributed by atoms with Gasteiger partial charge < -0.3 is 10.5 Å². The molecule has 0 amide bonds. The molecule has 0 bridgehead atoms. The van der Waals surface area contributed by atoms with Gasteiger partial charge in [-0.1, -0.05) is 12.1 Å². The van der Waals surface area contributed by atoms with Crippen molar-refractivity contribution in [2.75, 3.05) is 19.7 Å². The van der Waals surface area contributed by atoms with Crippen molar-refractivity contribution >= 4 is 5.97 Å². The highest BCUT2D eigenvalue weighted by molar-refractivity contribution is 5.72. The van der Waals surface area contributed by atoms with Crippen molar-refractivity contribution in [2.24, 2.45) is 11.7 Å². The maximum Gasteiger partial charge on any atom is 0.310 e. The Morgan fingerprint density at radius 2 is 2.33 bits per heavy atom. The van der Waals surface area contributed by atoms with Crippen LogP contribution in [-0.4, -0.2) is 30.6 Å². The minimum Gasteiger partial charge on any atom is -0.466 e. The van der Waals surface area contributed by atoms with Crippen LogP contribution in [0.2, 0.25) is 0 Å². The number of esters is 1. The van der Waals surface area contributed by atoms with Gasteiger partial charge in [0.2, 0.25) is 0 Å². The molecule has 1 aliphatic heterocycles. The number of rotatable bonds is 5. The Hall–Kier alpha value is -1.46. The first-order chi connectivity index (χ1) is 10.1. The Bertz CT molecular complexity index is 493. The molecule has 1 aliphatic rings. The van der Waals surface area contributed by atoms with Crippen LogP contribution in [0.15, 0.2) is 18.2 Å². The van der Waals surface area contributed by atoms with Crippen molar-refractivity contribution in [3.8, 4) is 0 Å². The molecule has 1 heterocycles. The molecule has 0 spiro atoms. The maximum atomic E-state index is 13.4. The third-order valence-corrected chi connectivity index (χ3v) is 3.86. The zero-order chi connectivity index (χ0) is 15.2. The highest BCUT2D eigenvalue weighted by Gasteiger charge is 2.26. The Morgan fingerprint density at radius 3 is 3.05 bits per heavy atom. The minimum atomic E-state index is -0.260. The monoisotopic (exact) mass is 294 g/mol. The molecule has 5 heteroatoms. The van der Waals surface area contributed by atoms with Gasteiger partial charge in [-0.05, 0) is 37.9 Å². The summed E-state index contributed by atoms with van der Waals surface area (Å²) >= 11 is 0. The first-order valence-corrected chi connectivity index (χ1v) is 7.50. The molecule has 1 atom stereocenters. The fraction of sp³-hybridized carbons (Fsp3) is 0.562. The smallest absolute Gasteiger partial charge is 0.310 e. The van der Waals surface area contributed by atoms with E-state index in [1.807, 2.05) is 13.0 Å². The second-order valence-corrected chi connectivity index (χ2v) is 5.46. The maximum absolute atomic E-state index is 13.4. The third kappa shape index (κ3) is 4.25. The fourth-order valence-electron chi connectivity index (χ4n) is 2.79. The molecule has 4 nitrogen and oxygen atoms in total. The van der Waals surface area contributed by atoms with Crippen molar-refractivity contribution in [3.05, 3.63) is 35.1 Å². The zero-order valence-corrected chi connectivity index (χ0v) is 12.5. The molecule has 0 aliphatic carbocycles. The van der Waals surface area contributed by atoms with E-state index in [4.69, 9.17) is 10.5 Å². The SMILES string of the molecule is CCOC(=O)C1CCCN(Cc2ccc(F)c(CN)c2)C1. The highest BCUT2D eigenvalue weighted by Crippen LogP contribution is 2.20. The van der Waals surface area contributed by atoms with E-state index in [1.54, 1.807) is 6.07 Å². The van der Waals surface area contributed by atoms with Gasteiger partial charge in [-0.3, -0.25) is 9.69 Å². The minimum absolute atomic E-state index is 0.0480. The number of halogens is 1. The predicted octanol–water partition coefficient (Wildman–Crippen LogP) is 2.06. The number of ether oxygens (including phenoxy) is 1. The van der Waals surface area contributed by atoms with E-state index in [2.05, 4.69) is 4.90 Å². The van der Waals surface area contributed by atoms with E-state index in [0.29, 0.717) is 25.3 Å². The molecule has 2 N–H and O–H groups in total. The Kier molecular flexibility index (Phi) is 5.70. The zero-order valence-electron chi connectivity index (χ0n) is 12.5. The van der Waals surface area contributed by atoms with Gasteiger partial charge in [-0.15, -0.1) is 0 Å². The van der Waals surface area contributed by atoms with E-state index in [-0.39, 0.29) is 24.2 Å². The predicted molar refractivity (Wildman–Crippen MR) is 78.9 cm³/mol. The van der Waals surface area contributed by atoms with E-state index >= 15 is 0 Å². The number of benzene rings is 1. The lowest BCUT2D eigenvalue weighted by molar-refractivity contribution is -0.150. The molecule has 1 unspecified atom stereocenters. The summed E-state index contributed by atoms with van der Waals surface area (Å²) in [5, 5.41) is 0. The van der Waals surface area contributed by atoms with Crippen LogP contribution in [0, 0.1) is 11.7 Å². The summed E-state index contributed by atoms with van der Waals surface area (Å²) in [7, 11) is 0. The molecule has 1 saturated heterocycles. The van der Waals surface area contributed by atoms with Crippen LogP contribution < -0.4 is 5.73 Å². The molecule has 1 fully saturated rings. The second kappa shape index (κ2) is 7.52. The first kappa shape index (κ1) is 15.9. The van der Waals surface area contributed by atoms with Gasteiger partial charge in [-0.2, -0.15) is 0 Å². The van der Waals surface area contributed by atoms with Crippen molar-refractivity contribution in [1.82, 2.24) is 4.90 Å². The van der Waals surface area contributed by atoms with Gasteiger partial charge in [0.05, 0.1) is 12.5 Å². The molecule has 0 saturated carbocycles.